The maximum absolute atomic E-state index is 11.7. The summed E-state index contributed by atoms with van der Waals surface area (Å²) in [7, 11) is 0. The Morgan fingerprint density at radius 3 is 1.70 bits per heavy atom. The molecule has 0 unspecified atom stereocenters. The molecule has 0 aromatic heterocycles. The number of hydrogen-bond donors (Lipinski definition) is 0. The van der Waals surface area contributed by atoms with Crippen LogP contribution >= 0.6 is 0 Å². The lowest BCUT2D eigenvalue weighted by Crippen LogP contribution is -2.41. The van der Waals surface area contributed by atoms with Gasteiger partial charge < -0.3 is 14.4 Å². The number of ether oxygens (including phenoxy) is 2. The van der Waals surface area contributed by atoms with Crippen LogP contribution in [-0.2, 0) is 14.4 Å². The topological polar surface area (TPSA) is 76.2 Å². The Hall–Kier alpha value is -3.61. The molecule has 0 saturated carbocycles. The third kappa shape index (κ3) is 4.86. The smallest absolute Gasteiger partial charge is 0.265 e. The van der Waals surface area contributed by atoms with Crippen LogP contribution in [0.5, 0.6) is 11.5 Å². The molecule has 2 heterocycles. The number of amides is 2. The Kier molecular flexibility index (Phi) is 6.51. The zero-order valence-electron chi connectivity index (χ0n) is 17.1. The molecule has 2 aromatic carbocycles. The van der Waals surface area contributed by atoms with Crippen molar-refractivity contribution in [1.29, 1.82) is 0 Å². The van der Waals surface area contributed by atoms with Crippen molar-refractivity contribution < 1.29 is 23.9 Å². The van der Waals surface area contributed by atoms with Crippen molar-refractivity contribution in [1.82, 2.24) is 0 Å². The molecular formula is C23H24N2O5. The van der Waals surface area contributed by atoms with E-state index in [-0.39, 0.29) is 37.4 Å². The SMILES string of the molecule is C=C(C)CN1C(=O)COc2ccccc21.CC(=O)CN1C(=O)COc2ccccc21. The van der Waals surface area contributed by atoms with Crippen LogP contribution in [0.25, 0.3) is 0 Å². The highest BCUT2D eigenvalue weighted by atomic mass is 16.5. The normalized spacial score (nSPS) is 14.5. The van der Waals surface area contributed by atoms with E-state index in [0.29, 0.717) is 18.0 Å². The first-order valence-corrected chi connectivity index (χ1v) is 9.55. The Labute approximate surface area is 175 Å². The molecule has 7 nitrogen and oxygen atoms in total. The number of Topliss-reactive ketones (excluding diaryl/α,β-unsaturated/α-hetero) is 1. The summed E-state index contributed by atoms with van der Waals surface area (Å²) in [5.74, 6) is 1.18. The van der Waals surface area contributed by atoms with Crippen LogP contribution in [0.4, 0.5) is 11.4 Å². The van der Waals surface area contributed by atoms with E-state index in [1.807, 2.05) is 43.3 Å². The highest BCUT2D eigenvalue weighted by molar-refractivity contribution is 6.02. The predicted octanol–water partition coefficient (Wildman–Crippen LogP) is 2.99. The van der Waals surface area contributed by atoms with Gasteiger partial charge in [-0.2, -0.15) is 0 Å². The summed E-state index contributed by atoms with van der Waals surface area (Å²) in [6.45, 7) is 7.98. The first kappa shape index (κ1) is 21.1. The molecule has 0 aliphatic carbocycles. The van der Waals surface area contributed by atoms with Crippen LogP contribution in [0.3, 0.4) is 0 Å². The predicted molar refractivity (Wildman–Crippen MR) is 114 cm³/mol. The Balaban J connectivity index is 0.000000171. The Morgan fingerprint density at radius 1 is 0.833 bits per heavy atom. The third-order valence-electron chi connectivity index (χ3n) is 4.43. The van der Waals surface area contributed by atoms with E-state index in [9.17, 15) is 14.4 Å². The second-order valence-electron chi connectivity index (χ2n) is 7.13. The second-order valence-corrected chi connectivity index (χ2v) is 7.13. The number of benzene rings is 2. The number of hydrogen-bond acceptors (Lipinski definition) is 5. The molecule has 0 bridgehead atoms. The van der Waals surface area contributed by atoms with E-state index in [1.54, 1.807) is 17.0 Å². The summed E-state index contributed by atoms with van der Waals surface area (Å²) in [4.78, 5) is 37.4. The summed E-state index contributed by atoms with van der Waals surface area (Å²) in [6, 6.07) is 14.8. The maximum atomic E-state index is 11.7. The highest BCUT2D eigenvalue weighted by Crippen LogP contribution is 2.32. The zero-order chi connectivity index (χ0) is 21.7. The van der Waals surface area contributed by atoms with E-state index < -0.39 is 0 Å². The van der Waals surface area contributed by atoms with Gasteiger partial charge in [-0.05, 0) is 38.1 Å². The van der Waals surface area contributed by atoms with Crippen LogP contribution < -0.4 is 19.3 Å². The highest BCUT2D eigenvalue weighted by Gasteiger charge is 2.26. The quantitative estimate of drug-likeness (QED) is 0.727. The molecule has 2 aromatic rings. The molecule has 0 atom stereocenters. The van der Waals surface area contributed by atoms with Gasteiger partial charge in [0, 0.05) is 6.54 Å². The van der Waals surface area contributed by atoms with Crippen molar-refractivity contribution in [2.24, 2.45) is 0 Å². The van der Waals surface area contributed by atoms with Crippen LogP contribution in [0, 0.1) is 0 Å². The Bertz CT molecular complexity index is 906. The number of nitrogens with zero attached hydrogens (tertiary/aromatic N) is 2. The van der Waals surface area contributed by atoms with Gasteiger partial charge in [-0.1, -0.05) is 36.4 Å². The number of fused-ring (bicyclic) bond motifs is 2. The monoisotopic (exact) mass is 408 g/mol. The van der Waals surface area contributed by atoms with Crippen LogP contribution in [0.1, 0.15) is 13.8 Å². The summed E-state index contributed by atoms with van der Waals surface area (Å²) >= 11 is 0. The van der Waals surface area contributed by atoms with Crippen molar-refractivity contribution in [3.63, 3.8) is 0 Å². The number of anilines is 2. The largest absolute Gasteiger partial charge is 0.482 e. The molecule has 0 saturated heterocycles. The molecule has 0 fully saturated rings. The summed E-state index contributed by atoms with van der Waals surface area (Å²) in [5.41, 5.74) is 2.46. The van der Waals surface area contributed by atoms with Gasteiger partial charge in [0.2, 0.25) is 0 Å². The van der Waals surface area contributed by atoms with Gasteiger partial charge in [-0.15, -0.1) is 0 Å². The molecule has 2 amide bonds. The molecule has 30 heavy (non-hydrogen) atoms. The van der Waals surface area contributed by atoms with Gasteiger partial charge in [-0.25, -0.2) is 0 Å². The van der Waals surface area contributed by atoms with Crippen molar-refractivity contribution in [3.05, 3.63) is 60.7 Å². The Morgan fingerprint density at radius 2 is 1.27 bits per heavy atom. The minimum atomic E-state index is -0.177. The molecular weight excluding hydrogens is 384 g/mol. The average Bonchev–Trinajstić information content (AvgIpc) is 2.72. The fourth-order valence-corrected chi connectivity index (χ4v) is 3.15. The van der Waals surface area contributed by atoms with Crippen molar-refractivity contribution >= 4 is 29.0 Å². The van der Waals surface area contributed by atoms with Gasteiger partial charge in [-0.3, -0.25) is 19.3 Å². The summed E-state index contributed by atoms with van der Waals surface area (Å²) < 4.78 is 10.6. The summed E-state index contributed by atoms with van der Waals surface area (Å²) in [6.07, 6.45) is 0. The van der Waals surface area contributed by atoms with E-state index in [0.717, 1.165) is 17.0 Å². The lowest BCUT2D eigenvalue weighted by molar-refractivity contribution is -0.123. The molecule has 7 heteroatoms. The van der Waals surface area contributed by atoms with E-state index in [4.69, 9.17) is 9.47 Å². The lowest BCUT2D eigenvalue weighted by atomic mass is 10.2. The van der Waals surface area contributed by atoms with E-state index >= 15 is 0 Å². The number of para-hydroxylation sites is 4. The number of rotatable bonds is 4. The zero-order valence-corrected chi connectivity index (χ0v) is 17.1. The first-order valence-electron chi connectivity index (χ1n) is 9.55. The van der Waals surface area contributed by atoms with E-state index in [2.05, 4.69) is 6.58 Å². The second kappa shape index (κ2) is 9.26. The number of ketones is 1. The lowest BCUT2D eigenvalue weighted by Gasteiger charge is -2.29. The van der Waals surface area contributed by atoms with Gasteiger partial charge in [0.25, 0.3) is 11.8 Å². The van der Waals surface area contributed by atoms with Gasteiger partial charge in [0.05, 0.1) is 17.9 Å². The van der Waals surface area contributed by atoms with Crippen LogP contribution in [-0.4, -0.2) is 43.9 Å². The number of carbonyl (C=O) groups is 3. The summed E-state index contributed by atoms with van der Waals surface area (Å²) in [5, 5.41) is 0. The van der Waals surface area contributed by atoms with Crippen molar-refractivity contribution in [2.75, 3.05) is 36.1 Å². The minimum Gasteiger partial charge on any atom is -0.482 e. The van der Waals surface area contributed by atoms with Crippen molar-refractivity contribution in [3.8, 4) is 11.5 Å². The molecule has 0 spiro atoms. The molecule has 0 N–H and O–H groups in total. The van der Waals surface area contributed by atoms with Gasteiger partial charge >= 0.3 is 0 Å². The van der Waals surface area contributed by atoms with Crippen molar-refractivity contribution in [2.45, 2.75) is 13.8 Å². The average molecular weight is 408 g/mol. The number of carbonyl (C=O) groups excluding carboxylic acids is 3. The molecule has 4 rings (SSSR count). The standard InChI is InChI=1S/C12H13NO2.C11H11NO3/c1-9(2)7-13-10-5-3-4-6-11(10)15-8-12(13)14;1-8(13)6-12-9-4-2-3-5-10(9)15-7-11(12)14/h3-6H,1,7-8H2,2H3;2-5H,6-7H2,1H3. The fourth-order valence-electron chi connectivity index (χ4n) is 3.15. The van der Waals surface area contributed by atoms with Gasteiger partial charge in [0.1, 0.15) is 17.3 Å². The molecule has 156 valence electrons. The van der Waals surface area contributed by atoms with Crippen LogP contribution in [0.15, 0.2) is 60.7 Å². The molecule has 0 radical (unpaired) electrons. The first-order chi connectivity index (χ1) is 14.4. The minimum absolute atomic E-state index is 0.00426. The maximum Gasteiger partial charge on any atom is 0.265 e. The van der Waals surface area contributed by atoms with E-state index in [1.165, 1.54) is 11.8 Å². The molecule has 2 aliphatic rings. The van der Waals surface area contributed by atoms with Crippen LogP contribution in [0.2, 0.25) is 0 Å². The third-order valence-corrected chi connectivity index (χ3v) is 4.43. The van der Waals surface area contributed by atoms with Gasteiger partial charge in [0.15, 0.2) is 13.2 Å². The fraction of sp³-hybridized carbons (Fsp3) is 0.261. The molecule has 2 aliphatic heterocycles.